The molecule has 0 spiro atoms. The minimum atomic E-state index is -5.19. The summed E-state index contributed by atoms with van der Waals surface area (Å²) >= 11 is 0. The summed E-state index contributed by atoms with van der Waals surface area (Å²) < 4.78 is 49.9. The Kier molecular flexibility index (Phi) is 24.3. The van der Waals surface area contributed by atoms with Crippen molar-refractivity contribution < 1.29 is 90.8 Å². The Morgan fingerprint density at radius 1 is 0.859 bits per heavy atom. The first kappa shape index (κ1) is 62.0. The number of benzene rings is 1. The molecule has 71 heavy (non-hydrogen) atoms. The van der Waals surface area contributed by atoms with E-state index in [2.05, 4.69) is 16.0 Å². The van der Waals surface area contributed by atoms with Gasteiger partial charge in [0, 0.05) is 39.6 Å². The molecule has 9 atom stereocenters. The molecule has 396 valence electrons. The van der Waals surface area contributed by atoms with Gasteiger partial charge in [-0.1, -0.05) is 85.2 Å². The summed E-state index contributed by atoms with van der Waals surface area (Å²) in [5.74, 6) is -3.05. The fraction of sp³-hybridized carbons (Fsp3) is 0.769. The van der Waals surface area contributed by atoms with E-state index in [1.54, 1.807) is 40.1 Å². The van der Waals surface area contributed by atoms with Crippen molar-refractivity contribution in [1.29, 1.82) is 0 Å². The fourth-order valence-corrected chi connectivity index (χ4v) is 12.2. The van der Waals surface area contributed by atoms with E-state index in [4.69, 9.17) is 24.1 Å². The van der Waals surface area contributed by atoms with E-state index >= 15 is 0 Å². The van der Waals surface area contributed by atoms with Gasteiger partial charge in [0.05, 0.1) is 49.3 Å². The smallest absolute Gasteiger partial charge is 0.542 e. The van der Waals surface area contributed by atoms with E-state index in [0.29, 0.717) is 26.0 Å². The first-order valence-corrected chi connectivity index (χ1v) is 25.3. The second-order valence-corrected chi connectivity index (χ2v) is 21.4. The van der Waals surface area contributed by atoms with Crippen LogP contribution in [0, 0.1) is 46.8 Å². The number of carboxylic acids is 1. The molecule has 0 unspecified atom stereocenters. The molecule has 5 fully saturated rings. The Balaban J connectivity index is 0.00000155. The van der Waals surface area contributed by atoms with E-state index < -0.39 is 60.4 Å². The number of methoxy groups -OCH3 is 2. The second kappa shape index (κ2) is 27.8. The number of aliphatic carboxylic acids is 1. The van der Waals surface area contributed by atoms with Crippen LogP contribution in [0.15, 0.2) is 30.3 Å². The minimum absolute atomic E-state index is 0. The van der Waals surface area contributed by atoms with Crippen LogP contribution in [0.4, 0.5) is 13.2 Å². The maximum Gasteiger partial charge on any atom is 1.00 e. The number of hydrogen-bond donors (Lipinski definition) is 3. The molecule has 4 aliphatic carbocycles. The number of carbonyl (C=O) groups is 6. The first-order chi connectivity index (χ1) is 32.9. The number of ether oxygens (including phenoxy) is 3. The van der Waals surface area contributed by atoms with Gasteiger partial charge in [-0.25, -0.2) is 4.79 Å². The number of nitrogens with zero attached hydrogens (tertiary/aromatic N) is 2. The van der Waals surface area contributed by atoms with E-state index in [-0.39, 0.29) is 88.8 Å². The molecule has 1 heterocycles. The van der Waals surface area contributed by atoms with Crippen LogP contribution in [0.5, 0.6) is 0 Å². The van der Waals surface area contributed by atoms with Gasteiger partial charge in [-0.2, -0.15) is 13.2 Å². The van der Waals surface area contributed by atoms with Gasteiger partial charge in [-0.15, -0.1) is 0 Å². The Morgan fingerprint density at radius 2 is 1.41 bits per heavy atom. The SMILES string of the molecule is CC[C@H](C)[C@@H]([C@@H](CC(=O)N1CCC[C@H]1[C@H](OC)[C@@H](C)C(=O)N[C@@H](Cc1ccccc1)C(=O)OCC12CC3CC(CC(C3)C1)C2)OC)N(C)C(=O)[C@@H](NC(=O)[C@@H](NC)C(C)C)C(C)C.O=C([O-])C(F)(F)F.[Na+]. The molecule has 19 heteroatoms. The monoisotopic (exact) mass is 1020 g/mol. The number of carbonyl (C=O) groups excluding carboxylic acids is 6. The molecule has 1 saturated heterocycles. The summed E-state index contributed by atoms with van der Waals surface area (Å²) in [6.45, 7) is 14.5. The first-order valence-electron chi connectivity index (χ1n) is 25.3. The Morgan fingerprint density at radius 3 is 1.87 bits per heavy atom. The van der Waals surface area contributed by atoms with E-state index in [1.165, 1.54) is 19.3 Å². The number of likely N-dealkylation sites (N-methyl/N-ethyl adjacent to an activating group) is 2. The normalized spacial score (nSPS) is 24.8. The summed E-state index contributed by atoms with van der Waals surface area (Å²) in [6.07, 6.45) is 3.25. The van der Waals surface area contributed by atoms with Gasteiger partial charge < -0.3 is 49.9 Å². The molecule has 4 saturated carbocycles. The number of likely N-dealkylation sites (tertiary alicyclic amines) is 1. The number of halogens is 3. The maximum atomic E-state index is 14.4. The predicted molar refractivity (Wildman–Crippen MR) is 255 cm³/mol. The standard InChI is InChI=1S/C50H81N5O8.C2HF3O2.Na/c1-12-32(6)44(54(9)48(59)43(31(4)5)53-47(58)42(51-8)30(2)3)40(61-10)25-41(56)55-20-16-19-39(55)45(62-11)33(7)46(57)52-38(24-34-17-14-13-15-18-34)49(60)63-29-50-26-35-21-36(27-50)23-37(22-35)28-50;3-2(4,5)1(6)7;/h13-15,17-18,30-33,35-40,42-45,51H,12,16,19-29H2,1-11H3,(H,52,57)(H,53,58);(H,6,7);/q;;+1/p-1/t32-,33+,35?,36?,37?,38-,39-,40+,42-,43-,44-,45+,50?;;/m0../s1. The molecule has 15 nitrogen and oxygen atoms in total. The zero-order chi connectivity index (χ0) is 52.2. The largest absolute Gasteiger partial charge is 1.00 e. The summed E-state index contributed by atoms with van der Waals surface area (Å²) in [5.41, 5.74) is 0.976. The van der Waals surface area contributed by atoms with Gasteiger partial charge in [0.2, 0.25) is 23.6 Å². The number of amides is 4. The molecular formula is C52H81F3N5NaO10. The van der Waals surface area contributed by atoms with Crippen molar-refractivity contribution >= 4 is 35.6 Å². The zero-order valence-electron chi connectivity index (χ0n) is 44.3. The summed E-state index contributed by atoms with van der Waals surface area (Å²) in [6, 6.07) is 6.73. The topological polar surface area (TPSA) is 196 Å². The quantitative estimate of drug-likeness (QED) is 0.107. The number of alkyl halides is 3. The predicted octanol–water partition coefficient (Wildman–Crippen LogP) is 2.08. The summed E-state index contributed by atoms with van der Waals surface area (Å²) in [5, 5.41) is 17.9. The molecular weight excluding hydrogens is 935 g/mol. The minimum Gasteiger partial charge on any atom is -0.542 e. The third-order valence-electron chi connectivity index (χ3n) is 15.6. The zero-order valence-corrected chi connectivity index (χ0v) is 46.3. The van der Waals surface area contributed by atoms with Crippen molar-refractivity contribution in [3.05, 3.63) is 35.9 Å². The van der Waals surface area contributed by atoms with Gasteiger partial charge in [-0.05, 0) is 99.5 Å². The van der Waals surface area contributed by atoms with E-state index in [0.717, 1.165) is 55.4 Å². The van der Waals surface area contributed by atoms with Crippen LogP contribution in [0.1, 0.15) is 118 Å². The van der Waals surface area contributed by atoms with Crippen LogP contribution in [0.25, 0.3) is 0 Å². The van der Waals surface area contributed by atoms with Gasteiger partial charge in [0.25, 0.3) is 0 Å². The Bertz CT molecular complexity index is 1870. The molecule has 0 aromatic heterocycles. The average molecular weight is 1020 g/mol. The number of hydrogen-bond acceptors (Lipinski definition) is 11. The maximum absolute atomic E-state index is 14.4. The van der Waals surface area contributed by atoms with Gasteiger partial charge >= 0.3 is 41.7 Å². The van der Waals surface area contributed by atoms with Crippen molar-refractivity contribution in [1.82, 2.24) is 25.8 Å². The number of rotatable bonds is 23. The molecule has 1 aromatic carbocycles. The third-order valence-corrected chi connectivity index (χ3v) is 15.6. The van der Waals surface area contributed by atoms with E-state index in [1.807, 2.05) is 76.8 Å². The molecule has 5 aliphatic rings. The van der Waals surface area contributed by atoms with Gasteiger partial charge in [-0.3, -0.25) is 19.2 Å². The third kappa shape index (κ3) is 16.6. The molecule has 0 radical (unpaired) electrons. The summed E-state index contributed by atoms with van der Waals surface area (Å²) in [7, 11) is 6.61. The van der Waals surface area contributed by atoms with Crippen LogP contribution in [0.2, 0.25) is 0 Å². The molecule has 1 aliphatic heterocycles. The van der Waals surface area contributed by atoms with E-state index in [9.17, 15) is 37.1 Å². The van der Waals surface area contributed by atoms with Crippen molar-refractivity contribution in [2.45, 2.75) is 168 Å². The van der Waals surface area contributed by atoms with Gasteiger partial charge in [0.15, 0.2) is 0 Å². The van der Waals surface area contributed by atoms with Gasteiger partial charge in [0.1, 0.15) is 18.1 Å². The molecule has 1 aromatic rings. The van der Waals surface area contributed by atoms with Crippen molar-refractivity contribution in [2.75, 3.05) is 41.5 Å². The van der Waals surface area contributed by atoms with Crippen molar-refractivity contribution in [3.63, 3.8) is 0 Å². The Hall–Kier alpha value is -3.29. The molecule has 4 bridgehead atoms. The second-order valence-electron chi connectivity index (χ2n) is 21.4. The molecule has 6 rings (SSSR count). The van der Waals surface area contributed by atoms with Crippen molar-refractivity contribution in [2.24, 2.45) is 46.8 Å². The van der Waals surface area contributed by atoms with Crippen LogP contribution < -0.4 is 50.6 Å². The number of nitrogens with one attached hydrogen (secondary N) is 3. The Labute approximate surface area is 441 Å². The van der Waals surface area contributed by atoms with Crippen molar-refractivity contribution in [3.8, 4) is 0 Å². The van der Waals surface area contributed by atoms with Crippen LogP contribution >= 0.6 is 0 Å². The fourth-order valence-electron chi connectivity index (χ4n) is 12.2. The van der Waals surface area contributed by atoms with Crippen LogP contribution in [0.3, 0.4) is 0 Å². The number of carboxylic acid groups (broad SMARTS) is 1. The average Bonchev–Trinajstić information content (AvgIpc) is 3.79. The van der Waals surface area contributed by atoms with Crippen LogP contribution in [-0.2, 0) is 49.4 Å². The summed E-state index contributed by atoms with van der Waals surface area (Å²) in [4.78, 5) is 82.5. The van der Waals surface area contributed by atoms with Crippen LogP contribution in [-0.4, -0.2) is 135 Å². The number of esters is 1. The molecule has 3 N–H and O–H groups in total. The molecule has 4 amide bonds.